The van der Waals surface area contributed by atoms with E-state index in [-0.39, 0.29) is 82.7 Å². The first kappa shape index (κ1) is 58.6. The number of pyridine rings is 2. The third-order valence-electron chi connectivity index (χ3n) is 14.0. The number of unbranched alkanes of at least 4 members (excludes halogenated alkanes) is 1. The third-order valence-corrected chi connectivity index (χ3v) is 17.3. The number of hydrogen-bond donors (Lipinski definition) is 9. The van der Waals surface area contributed by atoms with Crippen LogP contribution in [0, 0.1) is 11.6 Å². The SMILES string of the molecule is COc1c(N2CCNC(C)C2)c(F)cc2c(=O)c(C(=O)OCC(=O)NCCCC[C@@H](NC(=O)COC(=O)c3cn(C4CC4)c4c(OC)c(N5CCNC(C)C5)c(F)cc4c3=O)C(=O)NC(P(=O)(O)O)P(=O)(O)O)cn(C3CC3)c12. The third kappa shape index (κ3) is 13.2. The highest BCUT2D eigenvalue weighted by molar-refractivity contribution is 7.70. The number of halogens is 2. The van der Waals surface area contributed by atoms with Gasteiger partial charge in [-0.2, -0.15) is 0 Å². The number of ether oxygens (including phenoxy) is 4. The van der Waals surface area contributed by atoms with Gasteiger partial charge in [0.25, 0.3) is 11.8 Å². The predicted octanol–water partition coefficient (Wildman–Crippen LogP) is 1.42. The lowest BCUT2D eigenvalue weighted by Gasteiger charge is -2.35. The molecule has 9 N–H and O–H groups in total. The monoisotopic (exact) mass is 1150 g/mol. The summed E-state index contributed by atoms with van der Waals surface area (Å²) in [6.07, 6.45) is 4.82. The fourth-order valence-electron chi connectivity index (χ4n) is 9.97. The second kappa shape index (κ2) is 24.1. The van der Waals surface area contributed by atoms with E-state index in [0.717, 1.165) is 12.1 Å². The molecule has 2 saturated carbocycles. The second-order valence-electron chi connectivity index (χ2n) is 20.1. The van der Waals surface area contributed by atoms with Crippen molar-refractivity contribution in [3.8, 4) is 11.5 Å². The predicted molar refractivity (Wildman–Crippen MR) is 281 cm³/mol. The molecule has 4 aliphatic rings. The minimum absolute atomic E-state index is 0.0181. The van der Waals surface area contributed by atoms with E-state index in [1.807, 2.05) is 18.7 Å². The molecule has 2 aliphatic heterocycles. The molecule has 3 amide bonds. The van der Waals surface area contributed by atoms with Gasteiger partial charge in [-0.25, -0.2) is 18.4 Å². The maximum absolute atomic E-state index is 16.0. The van der Waals surface area contributed by atoms with Gasteiger partial charge in [0, 0.05) is 82.4 Å². The summed E-state index contributed by atoms with van der Waals surface area (Å²) in [7, 11) is -8.73. The number of esters is 2. The van der Waals surface area contributed by atoms with Gasteiger partial charge in [0.2, 0.25) is 22.3 Å². The van der Waals surface area contributed by atoms with Crippen molar-refractivity contribution in [3.63, 3.8) is 0 Å². The molecule has 4 aromatic rings. The van der Waals surface area contributed by atoms with Crippen molar-refractivity contribution in [1.29, 1.82) is 0 Å². The van der Waals surface area contributed by atoms with Crippen LogP contribution in [0.25, 0.3) is 21.8 Å². The highest BCUT2D eigenvalue weighted by atomic mass is 31.2. The smallest absolute Gasteiger partial charge is 0.360 e. The Balaban J connectivity index is 0.904. The molecule has 30 heteroatoms. The summed E-state index contributed by atoms with van der Waals surface area (Å²) < 4.78 is 81.1. The maximum Gasteiger partial charge on any atom is 0.360 e. The molecule has 26 nitrogen and oxygen atoms in total. The molecule has 3 atom stereocenters. The van der Waals surface area contributed by atoms with Gasteiger partial charge in [0.1, 0.15) is 28.5 Å². The zero-order valence-corrected chi connectivity index (χ0v) is 45.4. The fourth-order valence-corrected chi connectivity index (χ4v) is 12.1. The van der Waals surface area contributed by atoms with Gasteiger partial charge >= 0.3 is 27.1 Å². The number of amides is 3. The van der Waals surface area contributed by atoms with E-state index < -0.39 is 110 Å². The van der Waals surface area contributed by atoms with Crippen molar-refractivity contribution >= 4 is 78.0 Å². The van der Waals surface area contributed by atoms with E-state index >= 15 is 8.78 Å². The van der Waals surface area contributed by atoms with Gasteiger partial charge in [-0.05, 0) is 70.9 Å². The number of anilines is 2. The molecule has 79 heavy (non-hydrogen) atoms. The number of hydrogen-bond acceptors (Lipinski definition) is 17. The Hall–Kier alpha value is -6.51. The molecule has 2 aliphatic carbocycles. The summed E-state index contributed by atoms with van der Waals surface area (Å²) in [6.45, 7) is 4.73. The summed E-state index contributed by atoms with van der Waals surface area (Å²) in [4.78, 5) is 136. The number of nitrogens with zero attached hydrogens (tertiary/aromatic N) is 4. The Morgan fingerprint density at radius 3 is 1.54 bits per heavy atom. The molecule has 8 rings (SSSR count). The molecule has 4 heterocycles. The molecule has 2 unspecified atom stereocenters. The number of carbonyl (C=O) groups excluding carboxylic acids is 5. The zero-order chi connectivity index (χ0) is 57.2. The van der Waals surface area contributed by atoms with Crippen molar-refractivity contribution < 1.29 is 80.4 Å². The Kier molecular flexibility index (Phi) is 17.9. The van der Waals surface area contributed by atoms with Crippen LogP contribution in [-0.4, -0.2) is 155 Å². The summed E-state index contributed by atoms with van der Waals surface area (Å²) >= 11 is 0. The molecular formula is C49H63F2N9O17P2. The van der Waals surface area contributed by atoms with Gasteiger partial charge in [0.05, 0.1) is 36.0 Å². The molecule has 0 radical (unpaired) electrons. The molecular weight excluding hydrogens is 1090 g/mol. The Morgan fingerprint density at radius 1 is 0.696 bits per heavy atom. The van der Waals surface area contributed by atoms with Gasteiger partial charge in [-0.3, -0.25) is 33.1 Å². The Morgan fingerprint density at radius 2 is 1.14 bits per heavy atom. The van der Waals surface area contributed by atoms with Gasteiger partial charge in [-0.1, -0.05) is 0 Å². The first-order valence-electron chi connectivity index (χ1n) is 25.6. The first-order chi connectivity index (χ1) is 37.4. The van der Waals surface area contributed by atoms with Crippen LogP contribution in [0.1, 0.15) is 91.6 Å². The summed E-state index contributed by atoms with van der Waals surface area (Å²) in [6, 6.07) is 0.0320. The lowest BCUT2D eigenvalue weighted by molar-refractivity contribution is -0.130. The van der Waals surface area contributed by atoms with Crippen LogP contribution in [0.5, 0.6) is 11.5 Å². The largest absolute Gasteiger partial charge is 0.492 e. The Bertz CT molecular complexity index is 3270. The van der Waals surface area contributed by atoms with E-state index in [1.165, 1.54) is 26.6 Å². The van der Waals surface area contributed by atoms with E-state index in [2.05, 4.69) is 21.3 Å². The zero-order valence-electron chi connectivity index (χ0n) is 43.6. The molecule has 2 saturated heterocycles. The quantitative estimate of drug-likeness (QED) is 0.0305. The molecule has 0 spiro atoms. The minimum Gasteiger partial charge on any atom is -0.492 e. The summed E-state index contributed by atoms with van der Waals surface area (Å²) in [5.41, 5.74) is -4.90. The number of methoxy groups -OCH3 is 2. The van der Waals surface area contributed by atoms with Crippen LogP contribution in [0.3, 0.4) is 0 Å². The van der Waals surface area contributed by atoms with Crippen LogP contribution in [0.4, 0.5) is 20.2 Å². The van der Waals surface area contributed by atoms with Gasteiger partial charge < -0.3 is 84.0 Å². The molecule has 0 bridgehead atoms. The molecule has 2 aromatic heterocycles. The number of aromatic nitrogens is 2. The number of piperazine rings is 2. The van der Waals surface area contributed by atoms with Crippen LogP contribution >= 0.6 is 15.2 Å². The number of fused-ring (bicyclic) bond motifs is 2. The summed E-state index contributed by atoms with van der Waals surface area (Å²) in [5, 5.41) is 12.5. The lowest BCUT2D eigenvalue weighted by atomic mass is 10.1. The van der Waals surface area contributed by atoms with E-state index in [1.54, 1.807) is 19.4 Å². The Labute approximate surface area is 449 Å². The van der Waals surface area contributed by atoms with Crippen LogP contribution < -0.4 is 56.7 Å². The van der Waals surface area contributed by atoms with Crippen molar-refractivity contribution in [3.05, 3.63) is 67.7 Å². The number of benzene rings is 2. The number of rotatable bonds is 22. The van der Waals surface area contributed by atoms with Gasteiger partial charge in [-0.15, -0.1) is 0 Å². The van der Waals surface area contributed by atoms with Crippen molar-refractivity contribution in [1.82, 2.24) is 35.7 Å². The standard InChI is InChI=1S/C49H63F2N9O17P2/c1-25-19-57(15-13-52-25)40-33(50)17-29-38(44(40)74-3)59(27-8-9-27)21-31(42(29)63)47(66)76-23-36(61)54-12-6-5-7-35(46(65)56-49(78(68,69)70)79(71,72)73)55-37(62)24-77-48(67)32-22-60(28-10-11-28)39-30(43(32)64)18-34(51)41(45(39)75-4)58-16-14-53-26(2)20-58/h17-18,21-22,25-28,35,49,52-53H,5-16,19-20,23-24H2,1-4H3,(H,54,61)(H,55,62)(H,56,65)(H2,68,69,70)(H2,71,72,73)/t25?,26?,35-/m1/s1. The minimum atomic E-state index is -5.72. The average Bonchev–Trinajstić information content (AvgIpc) is 4.51. The first-order valence-corrected chi connectivity index (χ1v) is 29.0. The molecule has 4 fully saturated rings. The van der Waals surface area contributed by atoms with E-state index in [9.17, 15) is 62.3 Å². The summed E-state index contributed by atoms with van der Waals surface area (Å²) in [5.74, 6) is -7.22. The maximum atomic E-state index is 16.0. The normalized spacial score (nSPS) is 18.3. The van der Waals surface area contributed by atoms with Crippen molar-refractivity contribution in [2.24, 2.45) is 0 Å². The van der Waals surface area contributed by atoms with Crippen LogP contribution in [-0.2, 0) is 33.0 Å². The number of carbonyl (C=O) groups is 5. The second-order valence-corrected chi connectivity index (χ2v) is 23.9. The fraction of sp³-hybridized carbons (Fsp3) is 0.531. The topological polar surface area (TPSA) is 348 Å². The van der Waals surface area contributed by atoms with E-state index in [0.29, 0.717) is 70.5 Å². The average molecular weight is 1150 g/mol. The molecule has 430 valence electrons. The van der Waals surface area contributed by atoms with Crippen LogP contribution in [0.2, 0.25) is 0 Å². The van der Waals surface area contributed by atoms with Crippen molar-refractivity contribution in [2.75, 3.05) is 83.0 Å². The number of nitrogens with one attached hydrogen (secondary N) is 5. The highest BCUT2D eigenvalue weighted by Crippen LogP contribution is 2.58. The molecule has 2 aromatic carbocycles. The van der Waals surface area contributed by atoms with Crippen molar-refractivity contribution in [2.45, 2.75) is 94.5 Å². The van der Waals surface area contributed by atoms with E-state index in [4.69, 9.17) is 18.9 Å². The lowest BCUT2D eigenvalue weighted by Crippen LogP contribution is -2.50. The van der Waals surface area contributed by atoms with Crippen LogP contribution in [0.15, 0.2) is 34.1 Å². The highest BCUT2D eigenvalue weighted by Gasteiger charge is 2.46. The van der Waals surface area contributed by atoms with Gasteiger partial charge in [0.15, 0.2) is 36.3 Å².